The highest BCUT2D eigenvalue weighted by atomic mass is 32.2. The van der Waals surface area contributed by atoms with Crippen molar-refractivity contribution in [2.45, 2.75) is 56.9 Å². The molecule has 2 heterocycles. The van der Waals surface area contributed by atoms with Gasteiger partial charge in [-0.15, -0.1) is 0 Å². The smallest absolute Gasteiger partial charge is 0.303 e. The van der Waals surface area contributed by atoms with Crippen LogP contribution in [0.1, 0.15) is 38.1 Å². The summed E-state index contributed by atoms with van der Waals surface area (Å²) in [5.74, 6) is -1.78. The Hall–Kier alpha value is -3.18. The molecule has 4 atom stereocenters. The number of nitrogens with zero attached hydrogens (tertiary/aromatic N) is 2. The number of carbonyl (C=O) groups excluding carboxylic acids is 3. The van der Waals surface area contributed by atoms with Crippen LogP contribution < -0.4 is 5.56 Å². The molecule has 1 aliphatic rings. The zero-order valence-electron chi connectivity index (χ0n) is 19.3. The molecule has 0 radical (unpaired) electrons. The molecule has 182 valence electrons. The molecule has 0 aliphatic carbocycles. The second kappa shape index (κ2) is 11.3. The van der Waals surface area contributed by atoms with E-state index in [4.69, 9.17) is 18.9 Å². The monoisotopic (exact) mass is 490 g/mol. The van der Waals surface area contributed by atoms with Gasteiger partial charge in [-0.1, -0.05) is 42.1 Å². The molecule has 0 N–H and O–H groups in total. The average Bonchev–Trinajstić information content (AvgIpc) is 3.09. The predicted molar refractivity (Wildman–Crippen MR) is 121 cm³/mol. The Morgan fingerprint density at radius 3 is 2.26 bits per heavy atom. The van der Waals surface area contributed by atoms with E-state index in [1.807, 2.05) is 30.3 Å². The van der Waals surface area contributed by atoms with Gasteiger partial charge >= 0.3 is 17.9 Å². The number of carbonyl (C=O) groups is 3. The molecule has 0 amide bonds. The zero-order valence-corrected chi connectivity index (χ0v) is 20.1. The molecule has 1 aliphatic heterocycles. The summed E-state index contributed by atoms with van der Waals surface area (Å²) in [4.78, 5) is 52.0. The standard InChI is InChI=1S/C23H26N2O8S/c1-13(26)30-12-18-19(31-14(2)27)20(32-15(3)28)22(33-18)25-11-17(21(29)24-23(25)34-4)10-16-8-6-5-7-9-16/h5-9,11,18-20,22H,10,12H2,1-4H3/t18-,19-,20-,22-/m1/s1. The largest absolute Gasteiger partial charge is 0.463 e. The van der Waals surface area contributed by atoms with E-state index in [0.29, 0.717) is 17.1 Å². The summed E-state index contributed by atoms with van der Waals surface area (Å²) in [6.45, 7) is 3.46. The van der Waals surface area contributed by atoms with E-state index in [1.165, 1.54) is 32.5 Å². The van der Waals surface area contributed by atoms with Crippen molar-refractivity contribution >= 4 is 29.7 Å². The van der Waals surface area contributed by atoms with Gasteiger partial charge in [-0.25, -0.2) is 0 Å². The number of ether oxygens (including phenoxy) is 4. The molecule has 1 saturated heterocycles. The minimum atomic E-state index is -1.07. The number of thioether (sulfide) groups is 1. The molecule has 34 heavy (non-hydrogen) atoms. The van der Waals surface area contributed by atoms with Crippen LogP contribution >= 0.6 is 11.8 Å². The van der Waals surface area contributed by atoms with Crippen molar-refractivity contribution in [1.82, 2.24) is 9.55 Å². The highest BCUT2D eigenvalue weighted by Gasteiger charge is 2.51. The van der Waals surface area contributed by atoms with Gasteiger partial charge in [0.25, 0.3) is 5.56 Å². The summed E-state index contributed by atoms with van der Waals surface area (Å²) in [5.41, 5.74) is 0.931. The second-order valence-electron chi connectivity index (χ2n) is 7.64. The van der Waals surface area contributed by atoms with Gasteiger partial charge in [0.15, 0.2) is 23.6 Å². The molecule has 1 fully saturated rings. The molecular formula is C23H26N2O8S. The van der Waals surface area contributed by atoms with Gasteiger partial charge < -0.3 is 18.9 Å². The third-order valence-electron chi connectivity index (χ3n) is 5.02. The third-order valence-corrected chi connectivity index (χ3v) is 5.69. The van der Waals surface area contributed by atoms with E-state index in [2.05, 4.69) is 4.98 Å². The van der Waals surface area contributed by atoms with Crippen molar-refractivity contribution in [1.29, 1.82) is 0 Å². The van der Waals surface area contributed by atoms with Crippen LogP contribution in [-0.2, 0) is 39.8 Å². The zero-order chi connectivity index (χ0) is 24.8. The Kier molecular flexibility index (Phi) is 8.46. The summed E-state index contributed by atoms with van der Waals surface area (Å²) in [6.07, 6.45) is -0.331. The number of rotatable bonds is 8. The number of aromatic nitrogens is 2. The van der Waals surface area contributed by atoms with Crippen LogP contribution in [-0.4, -0.2) is 58.6 Å². The SMILES string of the molecule is CSc1nc(=O)c(Cc2ccccc2)cn1[C@@H]1O[C@H](COC(C)=O)[C@@H](OC(C)=O)[C@H]1OC(C)=O. The van der Waals surface area contributed by atoms with Gasteiger partial charge in [-0.05, 0) is 11.8 Å². The fourth-order valence-corrected chi connectivity index (χ4v) is 4.22. The Morgan fingerprint density at radius 1 is 1.03 bits per heavy atom. The third kappa shape index (κ3) is 6.23. The summed E-state index contributed by atoms with van der Waals surface area (Å²) in [6, 6.07) is 9.42. The molecule has 1 aromatic carbocycles. The second-order valence-corrected chi connectivity index (χ2v) is 8.42. The van der Waals surface area contributed by atoms with Gasteiger partial charge in [-0.3, -0.25) is 23.7 Å². The summed E-state index contributed by atoms with van der Waals surface area (Å²) >= 11 is 1.21. The van der Waals surface area contributed by atoms with E-state index in [1.54, 1.807) is 17.0 Å². The van der Waals surface area contributed by atoms with Crippen LogP contribution in [0.3, 0.4) is 0 Å². The first-order valence-electron chi connectivity index (χ1n) is 10.5. The average molecular weight is 491 g/mol. The number of hydrogen-bond acceptors (Lipinski definition) is 10. The van der Waals surface area contributed by atoms with E-state index in [-0.39, 0.29) is 12.2 Å². The molecule has 0 unspecified atom stereocenters. The fraction of sp³-hybridized carbons (Fsp3) is 0.435. The van der Waals surface area contributed by atoms with Gasteiger partial charge in [0, 0.05) is 39.0 Å². The van der Waals surface area contributed by atoms with Crippen LogP contribution in [0.5, 0.6) is 0 Å². The quantitative estimate of drug-likeness (QED) is 0.234. The molecule has 0 spiro atoms. The highest BCUT2D eigenvalue weighted by molar-refractivity contribution is 7.98. The van der Waals surface area contributed by atoms with Gasteiger partial charge in [0.1, 0.15) is 12.7 Å². The van der Waals surface area contributed by atoms with Gasteiger partial charge in [0.2, 0.25) is 0 Å². The van der Waals surface area contributed by atoms with Crippen LogP contribution in [0.25, 0.3) is 0 Å². The summed E-state index contributed by atoms with van der Waals surface area (Å²) in [5, 5.41) is 0.318. The van der Waals surface area contributed by atoms with Crippen molar-refractivity contribution < 1.29 is 33.3 Å². The Morgan fingerprint density at radius 2 is 1.68 bits per heavy atom. The van der Waals surface area contributed by atoms with E-state index < -0.39 is 42.4 Å². The topological polar surface area (TPSA) is 123 Å². The Labute approximate surface area is 200 Å². The minimum absolute atomic E-state index is 0.222. The van der Waals surface area contributed by atoms with Crippen LogP contribution in [0, 0.1) is 0 Å². The first-order chi connectivity index (χ1) is 16.2. The Balaban J connectivity index is 2.05. The predicted octanol–water partition coefficient (Wildman–Crippen LogP) is 1.88. The summed E-state index contributed by atoms with van der Waals surface area (Å²) < 4.78 is 23.7. The maximum absolute atomic E-state index is 12.7. The molecule has 0 saturated carbocycles. The molecule has 0 bridgehead atoms. The van der Waals surface area contributed by atoms with Crippen LogP contribution in [0.2, 0.25) is 0 Å². The molecule has 1 aromatic heterocycles. The Bertz CT molecular complexity index is 1100. The van der Waals surface area contributed by atoms with Crippen molar-refractivity contribution in [3.63, 3.8) is 0 Å². The first-order valence-corrected chi connectivity index (χ1v) is 11.7. The fourth-order valence-electron chi connectivity index (χ4n) is 3.68. The molecule has 2 aromatic rings. The lowest BCUT2D eigenvalue weighted by Crippen LogP contribution is -2.40. The van der Waals surface area contributed by atoms with Gasteiger partial charge in [0.05, 0.1) is 0 Å². The van der Waals surface area contributed by atoms with E-state index in [0.717, 1.165) is 5.56 Å². The lowest BCUT2D eigenvalue weighted by molar-refractivity contribution is -0.166. The summed E-state index contributed by atoms with van der Waals surface area (Å²) in [7, 11) is 0. The first kappa shape index (κ1) is 25.4. The van der Waals surface area contributed by atoms with Crippen molar-refractivity contribution in [3.05, 3.63) is 58.0 Å². The number of benzene rings is 1. The minimum Gasteiger partial charge on any atom is -0.463 e. The normalized spacial score (nSPS) is 21.6. The maximum atomic E-state index is 12.7. The number of hydrogen-bond donors (Lipinski definition) is 0. The van der Waals surface area contributed by atoms with Gasteiger partial charge in [-0.2, -0.15) is 4.98 Å². The molecule has 10 nitrogen and oxygen atoms in total. The molecule has 11 heteroatoms. The van der Waals surface area contributed by atoms with Crippen LogP contribution in [0.15, 0.2) is 46.5 Å². The maximum Gasteiger partial charge on any atom is 0.303 e. The molecular weight excluding hydrogens is 464 g/mol. The van der Waals surface area contributed by atoms with E-state index >= 15 is 0 Å². The number of esters is 3. The van der Waals surface area contributed by atoms with E-state index in [9.17, 15) is 19.2 Å². The van der Waals surface area contributed by atoms with Crippen molar-refractivity contribution in [2.75, 3.05) is 12.9 Å². The van der Waals surface area contributed by atoms with Crippen molar-refractivity contribution in [3.8, 4) is 0 Å². The highest BCUT2D eigenvalue weighted by Crippen LogP contribution is 2.36. The van der Waals surface area contributed by atoms with Crippen LogP contribution in [0.4, 0.5) is 0 Å². The van der Waals surface area contributed by atoms with Crippen molar-refractivity contribution in [2.24, 2.45) is 0 Å². The lowest BCUT2D eigenvalue weighted by atomic mass is 10.1. The lowest BCUT2D eigenvalue weighted by Gasteiger charge is -2.25. The molecule has 3 rings (SSSR count).